The number of nitrogens with one attached hydrogen (secondary N) is 2. The highest BCUT2D eigenvalue weighted by Gasteiger charge is 2.53. The Labute approximate surface area is 333 Å². The molecule has 1 fully saturated rings. The van der Waals surface area contributed by atoms with Gasteiger partial charge in [0, 0.05) is 20.1 Å². The van der Waals surface area contributed by atoms with Gasteiger partial charge in [0.2, 0.25) is 18.6 Å². The fourth-order valence-corrected chi connectivity index (χ4v) is 6.67. The molecule has 5 atom stereocenters. The number of carbonyl (C=O) groups is 2. The maximum absolute atomic E-state index is 13.9. The number of rotatable bonds is 14. The first kappa shape index (κ1) is 40.4. The number of esters is 1. The van der Waals surface area contributed by atoms with Gasteiger partial charge in [-0.2, -0.15) is 0 Å². The molecule has 15 heteroatoms. The van der Waals surface area contributed by atoms with Crippen molar-refractivity contribution in [1.29, 1.82) is 5.41 Å². The van der Waals surface area contributed by atoms with E-state index >= 15 is 0 Å². The Hall–Kier alpha value is -4.24. The summed E-state index contributed by atoms with van der Waals surface area (Å²) in [4.78, 5) is 27.5. The summed E-state index contributed by atoms with van der Waals surface area (Å²) in [5.74, 6) is -1.82. The summed E-state index contributed by atoms with van der Waals surface area (Å²) in [6, 6.07) is 32.1. The average Bonchev–Trinajstić information content (AvgIpc) is 3.51. The molecule has 55 heavy (non-hydrogen) atoms. The second-order valence-electron chi connectivity index (χ2n) is 12.6. The lowest BCUT2D eigenvalue weighted by Crippen LogP contribution is -2.68. The van der Waals surface area contributed by atoms with E-state index in [1.807, 2.05) is 78.9 Å². The van der Waals surface area contributed by atoms with Crippen LogP contribution in [0.4, 0.5) is 4.79 Å². The molecule has 4 aromatic carbocycles. The van der Waals surface area contributed by atoms with Crippen molar-refractivity contribution in [3.8, 4) is 11.1 Å². The molecular weight excluding hydrogens is 775 g/mol. The molecule has 0 radical (unpaired) electrons. The molecule has 1 heterocycles. The van der Waals surface area contributed by atoms with E-state index in [4.69, 9.17) is 78.1 Å². The van der Waals surface area contributed by atoms with Crippen molar-refractivity contribution < 1.29 is 47.5 Å². The summed E-state index contributed by atoms with van der Waals surface area (Å²) in [6.45, 7) is -0.106. The minimum absolute atomic E-state index is 0.0666. The largest absolute Gasteiger partial charge is 0.508 e. The third-order valence-corrected chi connectivity index (χ3v) is 9.62. The molecule has 1 aliphatic heterocycles. The highest BCUT2D eigenvalue weighted by atomic mass is 35.6. The predicted molar refractivity (Wildman–Crippen MR) is 204 cm³/mol. The van der Waals surface area contributed by atoms with Gasteiger partial charge in [-0.05, 0) is 39.9 Å². The number of hydrogen-bond acceptors (Lipinski definition) is 12. The van der Waals surface area contributed by atoms with Gasteiger partial charge in [0.25, 0.3) is 3.79 Å². The van der Waals surface area contributed by atoms with E-state index < -0.39 is 58.9 Å². The van der Waals surface area contributed by atoms with E-state index in [1.54, 1.807) is 30.3 Å². The summed E-state index contributed by atoms with van der Waals surface area (Å²) in [5, 5.41) is 11.4. The second-order valence-corrected chi connectivity index (χ2v) is 14.9. The lowest BCUT2D eigenvalue weighted by atomic mass is 9.96. The van der Waals surface area contributed by atoms with Crippen molar-refractivity contribution >= 4 is 52.8 Å². The van der Waals surface area contributed by atoms with Gasteiger partial charge < -0.3 is 37.9 Å². The fraction of sp³-hybridized carbons (Fsp3) is 0.325. The zero-order chi connectivity index (χ0) is 39.0. The summed E-state index contributed by atoms with van der Waals surface area (Å²) in [5.41, 5.74) is 5.15. The smallest absolute Gasteiger partial charge is 0.452 e. The highest BCUT2D eigenvalue weighted by molar-refractivity contribution is 6.76. The quantitative estimate of drug-likeness (QED) is 0.0433. The monoisotopic (exact) mass is 812 g/mol. The zero-order valence-corrected chi connectivity index (χ0v) is 32.0. The number of hydrogen-bond donors (Lipinski definition) is 2. The lowest BCUT2D eigenvalue weighted by Gasteiger charge is -2.45. The second kappa shape index (κ2) is 18.6. The van der Waals surface area contributed by atoms with Crippen molar-refractivity contribution in [1.82, 2.24) is 5.32 Å². The number of ether oxygens (including phenoxy) is 8. The van der Waals surface area contributed by atoms with E-state index in [-0.39, 0.29) is 31.3 Å². The topological polar surface area (TPSA) is 144 Å². The van der Waals surface area contributed by atoms with Gasteiger partial charge in [0.05, 0.1) is 18.8 Å². The first-order valence-electron chi connectivity index (χ1n) is 17.3. The molecule has 12 nitrogen and oxygen atoms in total. The SMILES string of the molecule is COC(N[C@H]1[C@H](OC(=N)C(Cl)(Cl)Cl)O[C@H](COCc2ccccc2)[C@@H](OC(=O)c2ccccc2)[C@@H]1OC(=O)OCC1c2ccccc2-c2ccccc21)OC. The Morgan fingerprint density at radius 2 is 1.35 bits per heavy atom. The van der Waals surface area contributed by atoms with E-state index in [0.717, 1.165) is 27.8 Å². The molecule has 0 saturated carbocycles. The van der Waals surface area contributed by atoms with Gasteiger partial charge >= 0.3 is 12.1 Å². The number of methoxy groups -OCH3 is 2. The standard InChI is InChI=1S/C40H39Cl3N2O10/c1-48-38(49-2)45-32-34(54-39(47)51-22-30-28-19-11-9-17-26(28)27-18-10-12-20-29(27)30)33(53-35(46)25-15-7-4-8-16-25)31(23-50-21-24-13-5-3-6-14-24)52-36(32)55-37(44)40(41,42)43/h3-20,30-34,36,38,44-45H,21-23H2,1-2H3/t31-,32-,33-,34-,36+/m1/s1. The van der Waals surface area contributed by atoms with Gasteiger partial charge in [0.15, 0.2) is 12.2 Å². The molecule has 4 aromatic rings. The molecule has 2 N–H and O–H groups in total. The molecule has 290 valence electrons. The molecule has 0 unspecified atom stereocenters. The molecule has 0 spiro atoms. The Morgan fingerprint density at radius 1 is 0.764 bits per heavy atom. The minimum atomic E-state index is -2.30. The van der Waals surface area contributed by atoms with Crippen molar-refractivity contribution in [3.63, 3.8) is 0 Å². The van der Waals surface area contributed by atoms with Crippen molar-refractivity contribution in [2.24, 2.45) is 0 Å². The number of halogens is 3. The molecule has 1 saturated heterocycles. The normalized spacial score (nSPS) is 20.7. The maximum Gasteiger partial charge on any atom is 0.508 e. The molecule has 0 bridgehead atoms. The minimum Gasteiger partial charge on any atom is -0.452 e. The predicted octanol–water partition coefficient (Wildman–Crippen LogP) is 7.39. The van der Waals surface area contributed by atoms with Crippen LogP contribution in [0, 0.1) is 5.41 Å². The van der Waals surface area contributed by atoms with Crippen LogP contribution in [0.1, 0.15) is 33.0 Å². The Morgan fingerprint density at radius 3 is 1.95 bits per heavy atom. The van der Waals surface area contributed by atoms with Crippen LogP contribution in [-0.4, -0.2) is 86.3 Å². The van der Waals surface area contributed by atoms with Gasteiger partial charge in [-0.1, -0.05) is 132 Å². The van der Waals surface area contributed by atoms with Gasteiger partial charge in [-0.15, -0.1) is 0 Å². The number of alkyl halides is 3. The fourth-order valence-electron chi connectivity index (χ4n) is 6.54. The highest BCUT2D eigenvalue weighted by Crippen LogP contribution is 2.44. The third kappa shape index (κ3) is 9.96. The first-order valence-corrected chi connectivity index (χ1v) is 18.4. The summed E-state index contributed by atoms with van der Waals surface area (Å²) >= 11 is 18.0. The molecule has 0 amide bonds. The van der Waals surface area contributed by atoms with Crippen LogP contribution in [0.5, 0.6) is 0 Å². The maximum atomic E-state index is 13.9. The van der Waals surface area contributed by atoms with E-state index in [1.165, 1.54) is 14.2 Å². The van der Waals surface area contributed by atoms with Crippen LogP contribution in [0.15, 0.2) is 109 Å². The molecule has 2 aliphatic rings. The van der Waals surface area contributed by atoms with Crippen LogP contribution in [0.2, 0.25) is 0 Å². The Balaban J connectivity index is 1.33. The average molecular weight is 814 g/mol. The summed E-state index contributed by atoms with van der Waals surface area (Å²) in [7, 11) is 2.72. The number of benzene rings is 4. The first-order chi connectivity index (χ1) is 26.6. The molecular formula is C40H39Cl3N2O10. The molecule has 0 aromatic heterocycles. The zero-order valence-electron chi connectivity index (χ0n) is 29.8. The lowest BCUT2D eigenvalue weighted by molar-refractivity contribution is -0.266. The van der Waals surface area contributed by atoms with E-state index in [9.17, 15) is 9.59 Å². The molecule has 1 aliphatic carbocycles. The summed E-state index contributed by atoms with van der Waals surface area (Å²) < 4.78 is 44.7. The Bertz CT molecular complexity index is 1870. The van der Waals surface area contributed by atoms with Crippen LogP contribution < -0.4 is 5.32 Å². The van der Waals surface area contributed by atoms with Crippen molar-refractivity contribution in [3.05, 3.63) is 131 Å². The number of carbonyl (C=O) groups excluding carboxylic acids is 2. The van der Waals surface area contributed by atoms with Gasteiger partial charge in [-0.25, -0.2) is 9.59 Å². The third-order valence-electron chi connectivity index (χ3n) is 9.10. The van der Waals surface area contributed by atoms with Crippen LogP contribution >= 0.6 is 34.8 Å². The van der Waals surface area contributed by atoms with E-state index in [0.29, 0.717) is 0 Å². The van der Waals surface area contributed by atoms with Gasteiger partial charge in [-0.3, -0.25) is 10.7 Å². The Kier molecular flexibility index (Phi) is 13.7. The van der Waals surface area contributed by atoms with Crippen molar-refractivity contribution in [2.75, 3.05) is 27.4 Å². The van der Waals surface area contributed by atoms with Gasteiger partial charge in [0.1, 0.15) is 18.8 Å². The van der Waals surface area contributed by atoms with E-state index in [2.05, 4.69) is 5.32 Å². The van der Waals surface area contributed by atoms with Crippen LogP contribution in [0.25, 0.3) is 11.1 Å². The van der Waals surface area contributed by atoms with Crippen LogP contribution in [-0.2, 0) is 44.5 Å². The number of fused-ring (bicyclic) bond motifs is 3. The van der Waals surface area contributed by atoms with Crippen LogP contribution in [0.3, 0.4) is 0 Å². The molecule has 6 rings (SSSR count). The van der Waals surface area contributed by atoms with Crippen molar-refractivity contribution in [2.45, 2.75) is 53.4 Å². The summed E-state index contributed by atoms with van der Waals surface area (Å²) in [6.07, 6.45) is -7.75.